The van der Waals surface area contributed by atoms with Gasteiger partial charge in [0.15, 0.2) is 5.13 Å². The number of hydrogen-bond donors (Lipinski definition) is 1. The van der Waals surface area contributed by atoms with Crippen LogP contribution >= 0.6 is 11.3 Å². The number of ether oxygens (including phenoxy) is 1. The molecule has 1 aromatic heterocycles. The molecule has 1 aliphatic rings. The van der Waals surface area contributed by atoms with Gasteiger partial charge in [0, 0.05) is 16.9 Å². The van der Waals surface area contributed by atoms with Crippen molar-refractivity contribution in [3.63, 3.8) is 0 Å². The molecular formula is C21H20N2O2S. The van der Waals surface area contributed by atoms with Crippen LogP contribution in [0.2, 0.25) is 0 Å². The van der Waals surface area contributed by atoms with E-state index in [1.54, 1.807) is 0 Å². The Morgan fingerprint density at radius 1 is 1.19 bits per heavy atom. The van der Waals surface area contributed by atoms with Crippen LogP contribution in [-0.2, 0) is 17.6 Å². The second-order valence-electron chi connectivity index (χ2n) is 6.56. The summed E-state index contributed by atoms with van der Waals surface area (Å²) in [5.41, 5.74) is 5.40. The van der Waals surface area contributed by atoms with Crippen LogP contribution in [0.5, 0.6) is 5.75 Å². The van der Waals surface area contributed by atoms with Crippen molar-refractivity contribution >= 4 is 22.4 Å². The molecule has 0 unspecified atom stereocenters. The number of anilines is 1. The van der Waals surface area contributed by atoms with E-state index in [9.17, 15) is 4.79 Å². The van der Waals surface area contributed by atoms with Crippen molar-refractivity contribution in [2.45, 2.75) is 26.7 Å². The molecule has 5 heteroatoms. The van der Waals surface area contributed by atoms with E-state index in [4.69, 9.17) is 4.74 Å². The van der Waals surface area contributed by atoms with Crippen LogP contribution in [0.15, 0.2) is 42.5 Å². The maximum atomic E-state index is 12.4. The zero-order chi connectivity index (χ0) is 18.1. The summed E-state index contributed by atoms with van der Waals surface area (Å²) in [6.07, 6.45) is 1.25. The number of rotatable bonds is 4. The highest BCUT2D eigenvalue weighted by molar-refractivity contribution is 7.16. The maximum absolute atomic E-state index is 12.4. The Hall–Kier alpha value is -2.66. The van der Waals surface area contributed by atoms with Gasteiger partial charge >= 0.3 is 0 Å². The standard InChI is InChI=1S/C21H20N2O2S/c1-13-3-6-16(7-4-13)20-14(2)26-21(23-20)22-19(24)12-15-5-8-18-17(11-15)9-10-25-18/h3-8,11H,9-10,12H2,1-2H3,(H,22,23,24). The Labute approximate surface area is 156 Å². The van der Waals surface area contributed by atoms with E-state index in [1.165, 1.54) is 22.5 Å². The summed E-state index contributed by atoms with van der Waals surface area (Å²) in [7, 11) is 0. The Morgan fingerprint density at radius 3 is 2.81 bits per heavy atom. The first-order valence-electron chi connectivity index (χ1n) is 8.67. The Balaban J connectivity index is 1.46. The highest BCUT2D eigenvalue weighted by atomic mass is 32.1. The summed E-state index contributed by atoms with van der Waals surface area (Å²) in [6.45, 7) is 4.82. The molecule has 4 nitrogen and oxygen atoms in total. The van der Waals surface area contributed by atoms with Gasteiger partial charge in [0.1, 0.15) is 5.75 Å². The SMILES string of the molecule is Cc1ccc(-c2nc(NC(=O)Cc3ccc4c(c3)CCO4)sc2C)cc1. The van der Waals surface area contributed by atoms with Crippen LogP contribution < -0.4 is 10.1 Å². The minimum atomic E-state index is -0.0481. The molecule has 0 bridgehead atoms. The molecule has 0 atom stereocenters. The summed E-state index contributed by atoms with van der Waals surface area (Å²) >= 11 is 1.51. The topological polar surface area (TPSA) is 51.2 Å². The number of hydrogen-bond acceptors (Lipinski definition) is 4. The number of carbonyl (C=O) groups excluding carboxylic acids is 1. The number of nitrogens with zero attached hydrogens (tertiary/aromatic N) is 1. The molecule has 1 amide bonds. The molecule has 132 valence electrons. The predicted octanol–water partition coefficient (Wildman–Crippen LogP) is 4.54. The molecule has 2 heterocycles. The van der Waals surface area contributed by atoms with E-state index in [-0.39, 0.29) is 5.91 Å². The second-order valence-corrected chi connectivity index (χ2v) is 7.76. The quantitative estimate of drug-likeness (QED) is 0.739. The zero-order valence-electron chi connectivity index (χ0n) is 14.8. The van der Waals surface area contributed by atoms with Gasteiger partial charge in [-0.25, -0.2) is 4.98 Å². The average molecular weight is 364 g/mol. The van der Waals surface area contributed by atoms with Crippen molar-refractivity contribution in [2.75, 3.05) is 11.9 Å². The van der Waals surface area contributed by atoms with Crippen molar-refractivity contribution in [2.24, 2.45) is 0 Å². The first kappa shape index (κ1) is 16.8. The minimum absolute atomic E-state index is 0.0481. The van der Waals surface area contributed by atoms with E-state index in [2.05, 4.69) is 47.6 Å². The summed E-state index contributed by atoms with van der Waals surface area (Å²) in [6, 6.07) is 14.2. The number of thiazole rings is 1. The molecule has 0 radical (unpaired) electrons. The normalized spacial score (nSPS) is 12.5. The third kappa shape index (κ3) is 3.48. The van der Waals surface area contributed by atoms with E-state index in [0.717, 1.165) is 40.5 Å². The minimum Gasteiger partial charge on any atom is -0.493 e. The van der Waals surface area contributed by atoms with Gasteiger partial charge in [0.05, 0.1) is 18.7 Å². The van der Waals surface area contributed by atoms with E-state index in [1.807, 2.05) is 19.1 Å². The number of carbonyl (C=O) groups is 1. The second kappa shape index (κ2) is 6.92. The van der Waals surface area contributed by atoms with Crippen molar-refractivity contribution in [3.05, 3.63) is 64.0 Å². The van der Waals surface area contributed by atoms with Crippen molar-refractivity contribution in [1.29, 1.82) is 0 Å². The molecule has 0 saturated carbocycles. The molecule has 0 fully saturated rings. The highest BCUT2D eigenvalue weighted by Gasteiger charge is 2.15. The first-order chi connectivity index (χ1) is 12.6. The van der Waals surface area contributed by atoms with Crippen LogP contribution in [0.4, 0.5) is 5.13 Å². The Bertz CT molecular complexity index is 961. The summed E-state index contributed by atoms with van der Waals surface area (Å²) in [5, 5.41) is 3.58. The van der Waals surface area contributed by atoms with Gasteiger partial charge in [0.25, 0.3) is 0 Å². The highest BCUT2D eigenvalue weighted by Crippen LogP contribution is 2.31. The van der Waals surface area contributed by atoms with Gasteiger partial charge in [-0.15, -0.1) is 11.3 Å². The fourth-order valence-electron chi connectivity index (χ4n) is 3.13. The molecule has 1 N–H and O–H groups in total. The van der Waals surface area contributed by atoms with Gasteiger partial charge in [-0.2, -0.15) is 0 Å². The van der Waals surface area contributed by atoms with Gasteiger partial charge in [-0.05, 0) is 31.0 Å². The fraction of sp³-hybridized carbons (Fsp3) is 0.238. The van der Waals surface area contributed by atoms with Gasteiger partial charge in [-0.1, -0.05) is 42.0 Å². The number of fused-ring (bicyclic) bond motifs is 1. The lowest BCUT2D eigenvalue weighted by Gasteiger charge is -2.04. The fourth-order valence-corrected chi connectivity index (χ4v) is 3.98. The smallest absolute Gasteiger partial charge is 0.230 e. The number of aromatic nitrogens is 1. The van der Waals surface area contributed by atoms with Crippen molar-refractivity contribution in [3.8, 4) is 17.0 Å². The molecule has 0 saturated heterocycles. The van der Waals surface area contributed by atoms with Crippen LogP contribution in [-0.4, -0.2) is 17.5 Å². The third-order valence-electron chi connectivity index (χ3n) is 4.49. The largest absolute Gasteiger partial charge is 0.493 e. The molecule has 26 heavy (non-hydrogen) atoms. The van der Waals surface area contributed by atoms with E-state index < -0.39 is 0 Å². The number of amides is 1. The Morgan fingerprint density at radius 2 is 2.00 bits per heavy atom. The molecule has 4 rings (SSSR count). The lowest BCUT2D eigenvalue weighted by Crippen LogP contribution is -2.14. The molecule has 1 aliphatic heterocycles. The monoisotopic (exact) mass is 364 g/mol. The average Bonchev–Trinajstić information content (AvgIpc) is 3.21. The zero-order valence-corrected chi connectivity index (χ0v) is 15.7. The lowest BCUT2D eigenvalue weighted by atomic mass is 10.1. The van der Waals surface area contributed by atoms with Crippen LogP contribution in [0.3, 0.4) is 0 Å². The van der Waals surface area contributed by atoms with Gasteiger partial charge < -0.3 is 10.1 Å². The van der Waals surface area contributed by atoms with Crippen LogP contribution in [0.1, 0.15) is 21.6 Å². The van der Waals surface area contributed by atoms with E-state index in [0.29, 0.717) is 11.6 Å². The number of benzene rings is 2. The molecule has 3 aromatic rings. The summed E-state index contributed by atoms with van der Waals surface area (Å²) in [5.74, 6) is 0.889. The number of nitrogens with one attached hydrogen (secondary N) is 1. The summed E-state index contributed by atoms with van der Waals surface area (Å²) in [4.78, 5) is 18.1. The van der Waals surface area contributed by atoms with Crippen molar-refractivity contribution in [1.82, 2.24) is 4.98 Å². The van der Waals surface area contributed by atoms with Crippen molar-refractivity contribution < 1.29 is 9.53 Å². The maximum Gasteiger partial charge on any atom is 0.230 e. The van der Waals surface area contributed by atoms with Gasteiger partial charge in [-0.3, -0.25) is 4.79 Å². The summed E-state index contributed by atoms with van der Waals surface area (Å²) < 4.78 is 5.51. The molecule has 2 aromatic carbocycles. The van der Waals surface area contributed by atoms with Crippen LogP contribution in [0.25, 0.3) is 11.3 Å². The lowest BCUT2D eigenvalue weighted by molar-refractivity contribution is -0.115. The number of aryl methyl sites for hydroxylation is 2. The Kier molecular flexibility index (Phi) is 4.47. The predicted molar refractivity (Wildman–Crippen MR) is 105 cm³/mol. The first-order valence-corrected chi connectivity index (χ1v) is 9.49. The van der Waals surface area contributed by atoms with Crippen LogP contribution in [0, 0.1) is 13.8 Å². The van der Waals surface area contributed by atoms with Gasteiger partial charge in [0.2, 0.25) is 5.91 Å². The molecule has 0 spiro atoms. The molecule has 0 aliphatic carbocycles. The molecular weight excluding hydrogens is 344 g/mol. The third-order valence-corrected chi connectivity index (χ3v) is 5.37. The van der Waals surface area contributed by atoms with E-state index >= 15 is 0 Å².